The maximum Gasteiger partial charge on any atom is 0.324 e. The predicted molar refractivity (Wildman–Crippen MR) is 99.4 cm³/mol. The maximum atomic E-state index is 12.3. The predicted octanol–water partition coefficient (Wildman–Crippen LogP) is 2.92. The summed E-state index contributed by atoms with van der Waals surface area (Å²) in [4.78, 5) is 31.4. The molecule has 0 saturated carbocycles. The number of carbonyl (C=O) groups excluding carboxylic acids is 2. The SMILES string of the molecule is CCN1CCc2c(sc(NC(=O)Nc3cncc(Cl)c3)c2C(N)=O)C1. The lowest BCUT2D eigenvalue weighted by molar-refractivity contribution is 0.1000. The summed E-state index contributed by atoms with van der Waals surface area (Å²) in [5, 5.41) is 6.27. The Morgan fingerprint density at radius 2 is 2.20 bits per heavy atom. The van der Waals surface area contributed by atoms with Gasteiger partial charge in [0.15, 0.2) is 0 Å². The summed E-state index contributed by atoms with van der Waals surface area (Å²) in [6.45, 7) is 4.67. The number of nitrogens with zero attached hydrogens (tertiary/aromatic N) is 2. The Morgan fingerprint density at radius 3 is 2.88 bits per heavy atom. The Bertz CT molecular complexity index is 823. The molecule has 0 aliphatic carbocycles. The van der Waals surface area contributed by atoms with Crippen molar-refractivity contribution in [1.29, 1.82) is 0 Å². The van der Waals surface area contributed by atoms with Crippen molar-refractivity contribution in [2.24, 2.45) is 5.73 Å². The van der Waals surface area contributed by atoms with Crippen molar-refractivity contribution >= 4 is 45.6 Å². The smallest absolute Gasteiger partial charge is 0.324 e. The number of nitrogens with one attached hydrogen (secondary N) is 2. The maximum absolute atomic E-state index is 12.3. The molecule has 1 aliphatic heterocycles. The number of hydrogen-bond acceptors (Lipinski definition) is 5. The fourth-order valence-corrected chi connectivity index (χ4v) is 4.29. The van der Waals surface area contributed by atoms with Crippen molar-refractivity contribution in [1.82, 2.24) is 9.88 Å². The van der Waals surface area contributed by atoms with Crippen LogP contribution >= 0.6 is 22.9 Å². The van der Waals surface area contributed by atoms with Crippen molar-refractivity contribution in [3.63, 3.8) is 0 Å². The Balaban J connectivity index is 1.81. The average Bonchev–Trinajstić information content (AvgIpc) is 2.91. The first kappa shape index (κ1) is 17.7. The number of hydrogen-bond donors (Lipinski definition) is 3. The number of fused-ring (bicyclic) bond motifs is 1. The van der Waals surface area contributed by atoms with E-state index in [-0.39, 0.29) is 0 Å². The van der Waals surface area contributed by atoms with E-state index in [4.69, 9.17) is 17.3 Å². The number of urea groups is 1. The summed E-state index contributed by atoms with van der Waals surface area (Å²) in [5.41, 5.74) is 7.37. The number of aromatic nitrogens is 1. The molecule has 25 heavy (non-hydrogen) atoms. The number of thiophene rings is 1. The molecule has 2 aromatic rings. The van der Waals surface area contributed by atoms with Crippen molar-refractivity contribution in [2.45, 2.75) is 19.9 Å². The molecule has 4 N–H and O–H groups in total. The van der Waals surface area contributed by atoms with Gasteiger partial charge in [0, 0.05) is 24.2 Å². The highest BCUT2D eigenvalue weighted by atomic mass is 35.5. The number of halogens is 1. The highest BCUT2D eigenvalue weighted by Gasteiger charge is 2.27. The van der Waals surface area contributed by atoms with E-state index in [2.05, 4.69) is 27.4 Å². The standard InChI is InChI=1S/C16H18ClN5O2S/c1-2-22-4-3-11-12(8-22)25-15(13(11)14(18)23)21-16(24)20-10-5-9(17)6-19-7-10/h5-7H,2-4,8H2,1H3,(H2,18,23)(H2,20,21,24). The van der Waals surface area contributed by atoms with E-state index in [1.807, 2.05) is 0 Å². The van der Waals surface area contributed by atoms with Crippen LogP contribution in [0.5, 0.6) is 0 Å². The second kappa shape index (κ2) is 7.38. The number of primary amides is 1. The quantitative estimate of drug-likeness (QED) is 0.760. The fraction of sp³-hybridized carbons (Fsp3) is 0.312. The van der Waals surface area contributed by atoms with Gasteiger partial charge in [0.05, 0.1) is 22.5 Å². The van der Waals surface area contributed by atoms with Gasteiger partial charge < -0.3 is 11.1 Å². The molecule has 2 aromatic heterocycles. The molecule has 132 valence electrons. The molecule has 0 saturated heterocycles. The second-order valence-corrected chi connectivity index (χ2v) is 7.20. The molecule has 1 aliphatic rings. The van der Waals surface area contributed by atoms with E-state index < -0.39 is 11.9 Å². The van der Waals surface area contributed by atoms with Crippen molar-refractivity contribution < 1.29 is 9.59 Å². The van der Waals surface area contributed by atoms with E-state index in [9.17, 15) is 9.59 Å². The molecule has 3 amide bonds. The lowest BCUT2D eigenvalue weighted by Crippen LogP contribution is -2.30. The fourth-order valence-electron chi connectivity index (χ4n) is 2.82. The zero-order chi connectivity index (χ0) is 18.0. The van der Waals surface area contributed by atoms with Gasteiger partial charge in [-0.3, -0.25) is 20.0 Å². The lowest BCUT2D eigenvalue weighted by Gasteiger charge is -2.25. The molecular formula is C16H18ClN5O2S. The summed E-state index contributed by atoms with van der Waals surface area (Å²) in [5.74, 6) is -0.526. The van der Waals surface area contributed by atoms with Gasteiger partial charge in [-0.05, 0) is 24.6 Å². The number of amides is 3. The molecule has 3 heterocycles. The highest BCUT2D eigenvalue weighted by Crippen LogP contribution is 2.36. The van der Waals surface area contributed by atoms with Gasteiger partial charge >= 0.3 is 6.03 Å². The van der Waals surface area contributed by atoms with Crippen LogP contribution in [0.2, 0.25) is 5.02 Å². The zero-order valence-corrected chi connectivity index (χ0v) is 15.2. The molecule has 0 fully saturated rings. The molecular weight excluding hydrogens is 362 g/mol. The number of carbonyl (C=O) groups is 2. The van der Waals surface area contributed by atoms with Crippen LogP contribution in [0.15, 0.2) is 18.5 Å². The number of pyridine rings is 1. The minimum Gasteiger partial charge on any atom is -0.365 e. The van der Waals surface area contributed by atoms with E-state index in [0.29, 0.717) is 21.3 Å². The zero-order valence-electron chi connectivity index (χ0n) is 13.6. The highest BCUT2D eigenvalue weighted by molar-refractivity contribution is 7.17. The summed E-state index contributed by atoms with van der Waals surface area (Å²) >= 11 is 7.25. The van der Waals surface area contributed by atoms with Crippen LogP contribution in [0.4, 0.5) is 15.5 Å². The summed E-state index contributed by atoms with van der Waals surface area (Å²) in [6, 6.07) is 1.11. The van der Waals surface area contributed by atoms with E-state index in [1.165, 1.54) is 23.7 Å². The van der Waals surface area contributed by atoms with E-state index in [0.717, 1.165) is 36.5 Å². The first-order valence-electron chi connectivity index (χ1n) is 7.83. The normalized spacial score (nSPS) is 14.0. The first-order valence-corrected chi connectivity index (χ1v) is 9.02. The van der Waals surface area contributed by atoms with Crippen LogP contribution in [0.25, 0.3) is 0 Å². The second-order valence-electron chi connectivity index (χ2n) is 5.66. The minimum absolute atomic E-state index is 0.412. The summed E-state index contributed by atoms with van der Waals surface area (Å²) < 4.78 is 0. The van der Waals surface area contributed by atoms with Crippen LogP contribution in [0.3, 0.4) is 0 Å². The number of rotatable bonds is 4. The third kappa shape index (κ3) is 3.92. The van der Waals surface area contributed by atoms with Gasteiger partial charge in [-0.25, -0.2) is 4.79 Å². The van der Waals surface area contributed by atoms with Gasteiger partial charge in [0.25, 0.3) is 5.91 Å². The Hall–Kier alpha value is -2.16. The van der Waals surface area contributed by atoms with Gasteiger partial charge in [-0.1, -0.05) is 18.5 Å². The third-order valence-electron chi connectivity index (χ3n) is 4.02. The van der Waals surface area contributed by atoms with Crippen molar-refractivity contribution in [3.8, 4) is 0 Å². The van der Waals surface area contributed by atoms with Gasteiger partial charge in [0.2, 0.25) is 0 Å². The molecule has 0 spiro atoms. The molecule has 0 radical (unpaired) electrons. The Kier molecular flexibility index (Phi) is 5.22. The molecule has 0 aromatic carbocycles. The van der Waals surface area contributed by atoms with Crippen LogP contribution in [0, 0.1) is 0 Å². The van der Waals surface area contributed by atoms with Gasteiger partial charge in [0.1, 0.15) is 5.00 Å². The van der Waals surface area contributed by atoms with Crippen molar-refractivity contribution in [2.75, 3.05) is 23.7 Å². The monoisotopic (exact) mass is 379 g/mol. The van der Waals surface area contributed by atoms with Crippen LogP contribution < -0.4 is 16.4 Å². The Morgan fingerprint density at radius 1 is 1.40 bits per heavy atom. The number of nitrogens with two attached hydrogens (primary N) is 1. The third-order valence-corrected chi connectivity index (χ3v) is 5.36. The Labute approximate surface area is 154 Å². The average molecular weight is 380 g/mol. The molecule has 0 atom stereocenters. The van der Waals surface area contributed by atoms with Gasteiger partial charge in [-0.2, -0.15) is 0 Å². The largest absolute Gasteiger partial charge is 0.365 e. The molecule has 3 rings (SSSR count). The number of likely N-dealkylation sites (N-methyl/N-ethyl adjacent to an activating group) is 1. The summed E-state index contributed by atoms with van der Waals surface area (Å²) in [7, 11) is 0. The van der Waals surface area contributed by atoms with Crippen LogP contribution in [-0.4, -0.2) is 34.9 Å². The molecule has 0 unspecified atom stereocenters. The minimum atomic E-state index is -0.526. The van der Waals surface area contributed by atoms with Gasteiger partial charge in [-0.15, -0.1) is 11.3 Å². The van der Waals surface area contributed by atoms with E-state index >= 15 is 0 Å². The van der Waals surface area contributed by atoms with E-state index in [1.54, 1.807) is 6.07 Å². The summed E-state index contributed by atoms with van der Waals surface area (Å²) in [6.07, 6.45) is 3.71. The topological polar surface area (TPSA) is 100 Å². The number of anilines is 2. The van der Waals surface area contributed by atoms with Crippen LogP contribution in [-0.2, 0) is 13.0 Å². The van der Waals surface area contributed by atoms with Crippen LogP contribution in [0.1, 0.15) is 27.7 Å². The molecule has 9 heteroatoms. The lowest BCUT2D eigenvalue weighted by atomic mass is 10.0. The molecule has 0 bridgehead atoms. The molecule has 7 nitrogen and oxygen atoms in total. The van der Waals surface area contributed by atoms with Crippen molar-refractivity contribution in [3.05, 3.63) is 39.5 Å². The first-order chi connectivity index (χ1) is 12.0.